The molecule has 2 aromatic heterocycles. The number of benzene rings is 1. The Hall–Kier alpha value is -2.96. The number of rotatable bonds is 3. The Balaban J connectivity index is 1.65. The van der Waals surface area contributed by atoms with E-state index in [0.29, 0.717) is 25.2 Å². The predicted octanol–water partition coefficient (Wildman–Crippen LogP) is 3.04. The molecule has 4 rings (SSSR count). The molecule has 0 saturated heterocycles. The molecule has 1 aliphatic heterocycles. The van der Waals surface area contributed by atoms with Crippen molar-refractivity contribution >= 4 is 28.6 Å². The fraction of sp³-hybridized carbons (Fsp3) is 0.400. The van der Waals surface area contributed by atoms with Crippen molar-refractivity contribution < 1.29 is 9.32 Å². The zero-order valence-electron chi connectivity index (χ0n) is 15.9. The number of aromatic nitrogens is 3. The van der Waals surface area contributed by atoms with Crippen LogP contribution in [0.3, 0.4) is 0 Å². The van der Waals surface area contributed by atoms with E-state index in [1.807, 2.05) is 45.2 Å². The molecule has 140 valence electrons. The van der Waals surface area contributed by atoms with Crippen LogP contribution in [0.4, 0.5) is 11.6 Å². The smallest absolute Gasteiger partial charge is 0.228 e. The second kappa shape index (κ2) is 6.98. The van der Waals surface area contributed by atoms with Crippen molar-refractivity contribution in [3.8, 4) is 0 Å². The number of carbonyl (C=O) groups excluding carboxylic acids is 1. The number of aryl methyl sites for hydroxylation is 2. The standard InChI is InChI=1S/C20H23N5O2/c1-13-15(14(2)27-23-13)9-10-18(26)25-12-6-11-24(3)19-20(25)22-17-8-5-4-7-16(17)21-19/h4-5,7-8H,6,9-12H2,1-3H3. The van der Waals surface area contributed by atoms with Gasteiger partial charge in [0.25, 0.3) is 0 Å². The highest BCUT2D eigenvalue weighted by Crippen LogP contribution is 2.30. The molecule has 0 atom stereocenters. The monoisotopic (exact) mass is 365 g/mol. The highest BCUT2D eigenvalue weighted by atomic mass is 16.5. The van der Waals surface area contributed by atoms with E-state index in [4.69, 9.17) is 14.5 Å². The Morgan fingerprint density at radius 1 is 1.11 bits per heavy atom. The van der Waals surface area contributed by atoms with E-state index in [2.05, 4.69) is 10.1 Å². The van der Waals surface area contributed by atoms with E-state index in [-0.39, 0.29) is 5.91 Å². The van der Waals surface area contributed by atoms with Crippen LogP contribution in [0, 0.1) is 13.8 Å². The quantitative estimate of drug-likeness (QED) is 0.710. The van der Waals surface area contributed by atoms with Gasteiger partial charge in [0.15, 0.2) is 11.6 Å². The van der Waals surface area contributed by atoms with Gasteiger partial charge in [-0.2, -0.15) is 0 Å². The molecule has 0 fully saturated rings. The summed E-state index contributed by atoms with van der Waals surface area (Å²) >= 11 is 0. The highest BCUT2D eigenvalue weighted by Gasteiger charge is 2.27. The number of amides is 1. The van der Waals surface area contributed by atoms with Crippen molar-refractivity contribution in [2.75, 3.05) is 29.9 Å². The van der Waals surface area contributed by atoms with Gasteiger partial charge in [0.2, 0.25) is 5.91 Å². The molecule has 1 aromatic carbocycles. The number of fused-ring (bicyclic) bond motifs is 2. The van der Waals surface area contributed by atoms with E-state index in [1.165, 1.54) is 0 Å². The van der Waals surface area contributed by atoms with Crippen LogP contribution in [0.15, 0.2) is 28.8 Å². The largest absolute Gasteiger partial charge is 0.361 e. The molecule has 0 unspecified atom stereocenters. The number of para-hydroxylation sites is 2. The summed E-state index contributed by atoms with van der Waals surface area (Å²) in [5.41, 5.74) is 3.50. The SMILES string of the molecule is Cc1noc(C)c1CCC(=O)N1CCCN(C)c2nc3ccccc3nc21. The fourth-order valence-electron chi connectivity index (χ4n) is 3.56. The molecule has 7 heteroatoms. The predicted molar refractivity (Wildman–Crippen MR) is 104 cm³/mol. The number of hydrogen-bond donors (Lipinski definition) is 0. The van der Waals surface area contributed by atoms with Gasteiger partial charge >= 0.3 is 0 Å². The van der Waals surface area contributed by atoms with Crippen molar-refractivity contribution in [3.63, 3.8) is 0 Å². The zero-order chi connectivity index (χ0) is 19.0. The van der Waals surface area contributed by atoms with E-state index < -0.39 is 0 Å². The van der Waals surface area contributed by atoms with Crippen LogP contribution in [-0.4, -0.2) is 41.2 Å². The maximum absolute atomic E-state index is 13.1. The van der Waals surface area contributed by atoms with E-state index >= 15 is 0 Å². The molecule has 0 radical (unpaired) electrons. The minimum Gasteiger partial charge on any atom is -0.361 e. The minimum atomic E-state index is 0.0520. The fourth-order valence-corrected chi connectivity index (χ4v) is 3.56. The van der Waals surface area contributed by atoms with Crippen LogP contribution in [0.5, 0.6) is 0 Å². The molecule has 0 spiro atoms. The Kier molecular flexibility index (Phi) is 4.51. The molecular formula is C20H23N5O2. The number of anilines is 2. The highest BCUT2D eigenvalue weighted by molar-refractivity contribution is 5.97. The lowest BCUT2D eigenvalue weighted by Gasteiger charge is -2.22. The second-order valence-corrected chi connectivity index (χ2v) is 6.98. The van der Waals surface area contributed by atoms with Crippen molar-refractivity contribution in [1.82, 2.24) is 15.1 Å². The Morgan fingerprint density at radius 3 is 2.48 bits per heavy atom. The second-order valence-electron chi connectivity index (χ2n) is 6.98. The van der Waals surface area contributed by atoms with Crippen molar-refractivity contribution in [2.45, 2.75) is 33.1 Å². The van der Waals surface area contributed by atoms with Gasteiger partial charge < -0.3 is 9.42 Å². The lowest BCUT2D eigenvalue weighted by Crippen LogP contribution is -2.32. The topological polar surface area (TPSA) is 75.4 Å². The van der Waals surface area contributed by atoms with Gasteiger partial charge in [0, 0.05) is 32.1 Å². The summed E-state index contributed by atoms with van der Waals surface area (Å²) in [6.07, 6.45) is 1.88. The third-order valence-electron chi connectivity index (χ3n) is 5.10. The van der Waals surface area contributed by atoms with Gasteiger partial charge in [0.1, 0.15) is 5.76 Å². The lowest BCUT2D eigenvalue weighted by molar-refractivity contribution is -0.118. The Bertz CT molecular complexity index is 978. The molecule has 0 bridgehead atoms. The number of hydrogen-bond acceptors (Lipinski definition) is 6. The molecule has 1 amide bonds. The average molecular weight is 365 g/mol. The van der Waals surface area contributed by atoms with Crippen molar-refractivity contribution in [3.05, 3.63) is 41.3 Å². The molecule has 7 nitrogen and oxygen atoms in total. The van der Waals surface area contributed by atoms with Gasteiger partial charge in [-0.3, -0.25) is 9.69 Å². The van der Waals surface area contributed by atoms with E-state index in [1.54, 1.807) is 4.90 Å². The normalized spacial score (nSPS) is 14.3. The van der Waals surface area contributed by atoms with Gasteiger partial charge in [-0.1, -0.05) is 17.3 Å². The first kappa shape index (κ1) is 17.5. The van der Waals surface area contributed by atoms with Crippen LogP contribution in [0.2, 0.25) is 0 Å². The molecule has 3 heterocycles. The van der Waals surface area contributed by atoms with Gasteiger partial charge in [0.05, 0.1) is 16.7 Å². The summed E-state index contributed by atoms with van der Waals surface area (Å²) in [6, 6.07) is 7.77. The zero-order valence-corrected chi connectivity index (χ0v) is 15.9. The van der Waals surface area contributed by atoms with Gasteiger partial charge in [-0.15, -0.1) is 0 Å². The summed E-state index contributed by atoms with van der Waals surface area (Å²) in [5, 5.41) is 3.97. The summed E-state index contributed by atoms with van der Waals surface area (Å²) in [5.74, 6) is 2.24. The first-order chi connectivity index (χ1) is 13.0. The molecule has 0 saturated carbocycles. The Morgan fingerprint density at radius 2 is 1.81 bits per heavy atom. The summed E-state index contributed by atoms with van der Waals surface area (Å²) in [7, 11) is 2.00. The summed E-state index contributed by atoms with van der Waals surface area (Å²) in [4.78, 5) is 26.5. The number of nitrogens with zero attached hydrogens (tertiary/aromatic N) is 5. The first-order valence-corrected chi connectivity index (χ1v) is 9.24. The maximum atomic E-state index is 13.1. The van der Waals surface area contributed by atoms with Crippen LogP contribution in [-0.2, 0) is 11.2 Å². The molecule has 1 aliphatic rings. The molecule has 0 N–H and O–H groups in total. The minimum absolute atomic E-state index is 0.0520. The molecular weight excluding hydrogens is 342 g/mol. The molecule has 27 heavy (non-hydrogen) atoms. The van der Waals surface area contributed by atoms with Crippen molar-refractivity contribution in [2.24, 2.45) is 0 Å². The van der Waals surface area contributed by atoms with Gasteiger partial charge in [-0.05, 0) is 38.8 Å². The first-order valence-electron chi connectivity index (χ1n) is 9.24. The van der Waals surface area contributed by atoms with Crippen LogP contribution in [0.1, 0.15) is 29.9 Å². The van der Waals surface area contributed by atoms with Crippen LogP contribution < -0.4 is 9.80 Å². The Labute approximate surface area is 158 Å². The average Bonchev–Trinajstić information content (AvgIpc) is 2.90. The molecule has 0 aliphatic carbocycles. The van der Waals surface area contributed by atoms with E-state index in [9.17, 15) is 4.79 Å². The molecule has 3 aromatic rings. The lowest BCUT2D eigenvalue weighted by atomic mass is 10.1. The van der Waals surface area contributed by atoms with Gasteiger partial charge in [-0.25, -0.2) is 9.97 Å². The summed E-state index contributed by atoms with van der Waals surface area (Å²) < 4.78 is 5.21. The van der Waals surface area contributed by atoms with Crippen molar-refractivity contribution in [1.29, 1.82) is 0 Å². The summed E-state index contributed by atoms with van der Waals surface area (Å²) in [6.45, 7) is 5.27. The number of carbonyl (C=O) groups is 1. The third kappa shape index (κ3) is 3.25. The maximum Gasteiger partial charge on any atom is 0.228 e. The third-order valence-corrected chi connectivity index (χ3v) is 5.10. The van der Waals surface area contributed by atoms with E-state index in [0.717, 1.165) is 46.8 Å². The van der Waals surface area contributed by atoms with Crippen LogP contribution in [0.25, 0.3) is 11.0 Å². The van der Waals surface area contributed by atoms with Crippen LogP contribution >= 0.6 is 0 Å².